The molecule has 57 heavy (non-hydrogen) atoms. The van der Waals surface area contributed by atoms with Gasteiger partial charge in [0.1, 0.15) is 29.7 Å². The molecule has 3 fully saturated rings. The van der Waals surface area contributed by atoms with Crippen LogP contribution >= 0.6 is 0 Å². The first kappa shape index (κ1) is 38.2. The average molecular weight is 776 g/mol. The molecule has 0 spiro atoms. The van der Waals surface area contributed by atoms with Gasteiger partial charge in [0.25, 0.3) is 5.91 Å². The molecule has 3 amide bonds. The Bertz CT molecular complexity index is 2500. The van der Waals surface area contributed by atoms with Crippen molar-refractivity contribution >= 4 is 45.3 Å². The molecule has 15 heteroatoms. The average Bonchev–Trinajstić information content (AvgIpc) is 3.72. The van der Waals surface area contributed by atoms with Gasteiger partial charge in [-0.05, 0) is 101 Å². The van der Waals surface area contributed by atoms with Crippen LogP contribution in [0, 0.1) is 17.2 Å². The number of nitrogens with zero attached hydrogens (tertiary/aromatic N) is 7. The lowest BCUT2D eigenvalue weighted by Gasteiger charge is -2.38. The predicted octanol–water partition coefficient (Wildman–Crippen LogP) is 4.97. The zero-order chi connectivity index (χ0) is 40.2. The zero-order valence-corrected chi connectivity index (χ0v) is 32.2. The number of carbonyl (C=O) groups is 3. The first-order valence-corrected chi connectivity index (χ1v) is 19.6. The third-order valence-corrected chi connectivity index (χ3v) is 12.1. The van der Waals surface area contributed by atoms with Crippen LogP contribution in [-0.2, 0) is 22.2 Å². The molecule has 0 bridgehead atoms. The monoisotopic (exact) mass is 775 g/mol. The number of nitriles is 1. The number of rotatable bonds is 8. The highest BCUT2D eigenvalue weighted by Gasteiger charge is 2.36. The van der Waals surface area contributed by atoms with Gasteiger partial charge in [-0.15, -0.1) is 0 Å². The van der Waals surface area contributed by atoms with Gasteiger partial charge in [-0.25, -0.2) is 14.2 Å². The number of likely N-dealkylation sites (tertiary alicyclic amines) is 1. The van der Waals surface area contributed by atoms with E-state index in [0.29, 0.717) is 46.7 Å². The maximum Gasteiger partial charge on any atom is 0.329 e. The summed E-state index contributed by atoms with van der Waals surface area (Å²) in [5, 5.41) is 31.2. The first-order valence-electron chi connectivity index (χ1n) is 19.6. The van der Waals surface area contributed by atoms with Gasteiger partial charge in [0.05, 0.1) is 28.2 Å². The van der Waals surface area contributed by atoms with Gasteiger partial charge in [0.15, 0.2) is 0 Å². The Morgan fingerprint density at radius 3 is 2.56 bits per heavy atom. The minimum Gasteiger partial charge on any atom is -0.386 e. The highest BCUT2D eigenvalue weighted by Crippen LogP contribution is 2.39. The molecule has 296 valence electrons. The van der Waals surface area contributed by atoms with Gasteiger partial charge in [-0.3, -0.25) is 33.5 Å². The number of hydrogen-bond acceptors (Lipinski definition) is 9. The number of imide groups is 1. The summed E-state index contributed by atoms with van der Waals surface area (Å²) in [7, 11) is 1.66. The molecule has 2 aromatic carbocycles. The Kier molecular flexibility index (Phi) is 10.0. The van der Waals surface area contributed by atoms with Crippen molar-refractivity contribution in [2.75, 3.05) is 25.0 Å². The number of carbonyl (C=O) groups excluding carboxylic acids is 3. The predicted molar refractivity (Wildman–Crippen MR) is 210 cm³/mol. The number of aromatic nitrogens is 5. The van der Waals surface area contributed by atoms with E-state index in [4.69, 9.17) is 5.10 Å². The van der Waals surface area contributed by atoms with Crippen LogP contribution in [0.2, 0.25) is 0 Å². The normalized spacial score (nSPS) is 23.4. The third kappa shape index (κ3) is 7.35. The second-order valence-electron chi connectivity index (χ2n) is 16.3. The molecule has 8 rings (SSSR count). The number of imidazole rings is 1. The Morgan fingerprint density at radius 2 is 1.84 bits per heavy atom. The van der Waals surface area contributed by atoms with Crippen LogP contribution in [-0.4, -0.2) is 77.4 Å². The van der Waals surface area contributed by atoms with Gasteiger partial charge in [-0.2, -0.15) is 10.4 Å². The maximum atomic E-state index is 16.2. The number of aryl methyl sites for hydroxylation is 1. The summed E-state index contributed by atoms with van der Waals surface area (Å²) in [6.45, 7) is 5.14. The summed E-state index contributed by atoms with van der Waals surface area (Å²) in [6.07, 6.45) is 5.61. The quantitative estimate of drug-likeness (QED) is 0.184. The summed E-state index contributed by atoms with van der Waals surface area (Å²) < 4.78 is 21.1. The molecule has 14 nitrogen and oxygen atoms in total. The second-order valence-corrected chi connectivity index (χ2v) is 16.3. The van der Waals surface area contributed by atoms with Crippen molar-refractivity contribution in [1.82, 2.24) is 34.1 Å². The van der Waals surface area contributed by atoms with E-state index in [9.17, 15) is 29.5 Å². The van der Waals surface area contributed by atoms with Crippen molar-refractivity contribution in [1.29, 1.82) is 5.26 Å². The minimum absolute atomic E-state index is 0.0969. The summed E-state index contributed by atoms with van der Waals surface area (Å²) in [4.78, 5) is 57.4. The lowest BCUT2D eigenvalue weighted by Crippen LogP contribution is -2.44. The molecule has 5 aromatic rings. The van der Waals surface area contributed by atoms with E-state index >= 15 is 4.39 Å². The Balaban J connectivity index is 0.913. The molecule has 2 aliphatic heterocycles. The number of anilines is 1. The van der Waals surface area contributed by atoms with E-state index in [-0.39, 0.29) is 41.9 Å². The van der Waals surface area contributed by atoms with Gasteiger partial charge >= 0.3 is 5.69 Å². The molecule has 3 aromatic heterocycles. The number of hydrogen-bond donors (Lipinski definition) is 3. The molecule has 1 aliphatic carbocycles. The summed E-state index contributed by atoms with van der Waals surface area (Å²) >= 11 is 0. The number of pyridine rings is 1. The number of nitrogens with one attached hydrogen (secondary N) is 2. The van der Waals surface area contributed by atoms with Crippen LogP contribution in [0.25, 0.3) is 21.9 Å². The molecule has 1 unspecified atom stereocenters. The lowest BCUT2D eigenvalue weighted by atomic mass is 9.83. The SMILES string of the molecule is Cn1c(=O)n(C2CCC(=O)NC2=O)c2cccc([C@@H]3CCN(C[C@H]4CC[C@H](n5cc6cc(NC(=O)c7cccc(C#N)n7)c(C(C)(C)O)cc6n5)CC4)C[C@H]3F)c21. The van der Waals surface area contributed by atoms with Gasteiger partial charge < -0.3 is 15.3 Å². The Labute approximate surface area is 328 Å². The van der Waals surface area contributed by atoms with Crippen LogP contribution in [0.1, 0.15) is 104 Å². The molecule has 3 aliphatic rings. The number of amides is 3. The number of alkyl halides is 1. The lowest BCUT2D eigenvalue weighted by molar-refractivity contribution is -0.135. The van der Waals surface area contributed by atoms with Crippen molar-refractivity contribution in [3.05, 3.63) is 87.7 Å². The first-order chi connectivity index (χ1) is 27.3. The standard InChI is InChI=1S/C42H46FN9O5/c1-42(2,57)30-19-33-25(18-34(30)46-39(54)32-8-4-6-26(20-44)45-32)22-51(48-33)27-12-10-24(11-13-27)21-50-17-16-28(31(43)23-50)29-7-5-9-35-38(29)49(3)41(56)52(35)36-14-15-37(53)47-40(36)55/h4-9,18-19,22,24,27-28,31,36,57H,10-17,21,23H2,1-3H3,(H,46,54)(H,47,53,55)/t24-,27-,28-,31+,36?/m0/s1. The van der Waals surface area contributed by atoms with E-state index in [1.54, 1.807) is 39.1 Å². The van der Waals surface area contributed by atoms with Crippen molar-refractivity contribution in [2.45, 2.75) is 88.6 Å². The van der Waals surface area contributed by atoms with Gasteiger partial charge in [0.2, 0.25) is 11.8 Å². The molecule has 3 atom stereocenters. The van der Waals surface area contributed by atoms with Crippen molar-refractivity contribution in [2.24, 2.45) is 13.0 Å². The van der Waals surface area contributed by atoms with E-state index in [2.05, 4.69) is 20.5 Å². The topological polar surface area (TPSA) is 180 Å². The fourth-order valence-corrected chi connectivity index (χ4v) is 9.14. The van der Waals surface area contributed by atoms with E-state index in [1.165, 1.54) is 21.3 Å². The number of benzene rings is 2. The zero-order valence-electron chi connectivity index (χ0n) is 32.2. The largest absolute Gasteiger partial charge is 0.386 e. The fraction of sp³-hybridized carbons (Fsp3) is 0.452. The molecular weight excluding hydrogens is 730 g/mol. The van der Waals surface area contributed by atoms with E-state index in [1.807, 2.05) is 35.1 Å². The van der Waals surface area contributed by atoms with E-state index < -0.39 is 35.5 Å². The smallest absolute Gasteiger partial charge is 0.329 e. The molecule has 3 N–H and O–H groups in total. The van der Waals surface area contributed by atoms with E-state index in [0.717, 1.165) is 49.7 Å². The van der Waals surface area contributed by atoms with Gasteiger partial charge in [-0.1, -0.05) is 18.2 Å². The molecule has 0 radical (unpaired) electrons. The minimum atomic E-state index is -1.27. The van der Waals surface area contributed by atoms with Crippen molar-refractivity contribution in [3.63, 3.8) is 0 Å². The van der Waals surface area contributed by atoms with Crippen LogP contribution in [0.5, 0.6) is 0 Å². The third-order valence-electron chi connectivity index (χ3n) is 12.1. The molecule has 2 saturated heterocycles. The molecular formula is C42H46FN9O5. The highest BCUT2D eigenvalue weighted by molar-refractivity contribution is 6.04. The number of piperidine rings is 2. The summed E-state index contributed by atoms with van der Waals surface area (Å²) in [5.74, 6) is -1.31. The highest BCUT2D eigenvalue weighted by atomic mass is 19.1. The Hall–Kier alpha value is -5.72. The van der Waals surface area contributed by atoms with Crippen molar-refractivity contribution in [3.8, 4) is 6.07 Å². The van der Waals surface area contributed by atoms with Crippen LogP contribution in [0.15, 0.2) is 59.5 Å². The number of fused-ring (bicyclic) bond motifs is 2. The summed E-state index contributed by atoms with van der Waals surface area (Å²) in [5.41, 5.74) is 2.23. The van der Waals surface area contributed by atoms with Crippen molar-refractivity contribution < 1.29 is 23.9 Å². The number of para-hydroxylation sites is 1. The van der Waals surface area contributed by atoms with Crippen LogP contribution < -0.4 is 16.3 Å². The second kappa shape index (κ2) is 15.0. The Morgan fingerprint density at radius 1 is 1.07 bits per heavy atom. The molecule has 1 saturated carbocycles. The fourth-order valence-electron chi connectivity index (χ4n) is 9.14. The van der Waals surface area contributed by atoms with Crippen LogP contribution in [0.3, 0.4) is 0 Å². The van der Waals surface area contributed by atoms with Crippen LogP contribution in [0.4, 0.5) is 10.1 Å². The maximum absolute atomic E-state index is 16.2. The van der Waals surface area contributed by atoms with Gasteiger partial charge in [0, 0.05) is 55.3 Å². The summed E-state index contributed by atoms with van der Waals surface area (Å²) in [6, 6.07) is 15.1. The number of halogens is 1. The number of aliphatic hydroxyl groups is 1. The molecule has 5 heterocycles.